The number of carbonyl (C=O) groups is 1. The van der Waals surface area contributed by atoms with Crippen molar-refractivity contribution < 1.29 is 9.72 Å². The number of amides is 1. The lowest BCUT2D eigenvalue weighted by Gasteiger charge is -2.10. The summed E-state index contributed by atoms with van der Waals surface area (Å²) in [5, 5.41) is 13.2. The molecular weight excluding hydrogens is 234 g/mol. The van der Waals surface area contributed by atoms with Gasteiger partial charge in [0.15, 0.2) is 0 Å². The van der Waals surface area contributed by atoms with Crippen molar-refractivity contribution in [3.63, 3.8) is 0 Å². The van der Waals surface area contributed by atoms with E-state index in [4.69, 9.17) is 5.73 Å². The molecule has 1 amide bonds. The quantitative estimate of drug-likeness (QED) is 0.479. The normalized spacial score (nSPS) is 21.8. The van der Waals surface area contributed by atoms with E-state index >= 15 is 0 Å². The van der Waals surface area contributed by atoms with Gasteiger partial charge >= 0.3 is 0 Å². The minimum atomic E-state index is -0.482. The van der Waals surface area contributed by atoms with Crippen LogP contribution in [0, 0.1) is 16.0 Å². The Kier molecular flexibility index (Phi) is 3.38. The summed E-state index contributed by atoms with van der Waals surface area (Å²) >= 11 is 0. The smallest absolute Gasteiger partial charge is 0.269 e. The van der Waals surface area contributed by atoms with Crippen LogP contribution in [0.15, 0.2) is 36.4 Å². The lowest BCUT2D eigenvalue weighted by Crippen LogP contribution is -2.23. The first-order chi connectivity index (χ1) is 8.56. The second-order valence-electron chi connectivity index (χ2n) is 4.18. The van der Waals surface area contributed by atoms with E-state index < -0.39 is 4.92 Å². The van der Waals surface area contributed by atoms with Crippen LogP contribution in [0.1, 0.15) is 6.42 Å². The second kappa shape index (κ2) is 4.97. The molecule has 2 rings (SSSR count). The minimum absolute atomic E-state index is 0.00390. The summed E-state index contributed by atoms with van der Waals surface area (Å²) in [7, 11) is 0. The van der Waals surface area contributed by atoms with Crippen LogP contribution >= 0.6 is 0 Å². The van der Waals surface area contributed by atoms with E-state index in [-0.39, 0.29) is 23.6 Å². The molecule has 0 fully saturated rings. The van der Waals surface area contributed by atoms with E-state index in [1.54, 1.807) is 12.2 Å². The van der Waals surface area contributed by atoms with Crippen LogP contribution in [0.3, 0.4) is 0 Å². The first kappa shape index (κ1) is 12.3. The van der Waals surface area contributed by atoms with E-state index in [1.165, 1.54) is 24.3 Å². The molecule has 0 saturated heterocycles. The molecule has 0 aliphatic heterocycles. The van der Waals surface area contributed by atoms with Gasteiger partial charge in [-0.15, -0.1) is 0 Å². The summed E-state index contributed by atoms with van der Waals surface area (Å²) in [4.78, 5) is 21.8. The van der Waals surface area contributed by atoms with Gasteiger partial charge in [0.25, 0.3) is 5.69 Å². The summed E-state index contributed by atoms with van der Waals surface area (Å²) in [6.45, 7) is 0. The van der Waals surface area contributed by atoms with Crippen LogP contribution < -0.4 is 11.1 Å². The number of carbonyl (C=O) groups excluding carboxylic acids is 1. The molecule has 0 heterocycles. The molecule has 0 spiro atoms. The van der Waals surface area contributed by atoms with Gasteiger partial charge in [-0.3, -0.25) is 14.9 Å². The average molecular weight is 247 g/mol. The molecule has 2 unspecified atom stereocenters. The molecule has 0 saturated carbocycles. The van der Waals surface area contributed by atoms with Crippen LogP contribution in [0.4, 0.5) is 11.4 Å². The van der Waals surface area contributed by atoms with Gasteiger partial charge in [0.1, 0.15) is 0 Å². The van der Waals surface area contributed by atoms with E-state index in [2.05, 4.69) is 5.32 Å². The Balaban J connectivity index is 1.99. The third-order valence-corrected chi connectivity index (χ3v) is 2.80. The molecule has 1 aliphatic rings. The van der Waals surface area contributed by atoms with Gasteiger partial charge in [-0.2, -0.15) is 0 Å². The molecule has 18 heavy (non-hydrogen) atoms. The molecule has 94 valence electrons. The molecule has 3 N–H and O–H groups in total. The summed E-state index contributed by atoms with van der Waals surface area (Å²) in [5.41, 5.74) is 6.20. The Hall–Kier alpha value is -2.21. The average Bonchev–Trinajstić information content (AvgIpc) is 2.76. The van der Waals surface area contributed by atoms with Crippen LogP contribution in [0.2, 0.25) is 0 Å². The Morgan fingerprint density at radius 1 is 1.33 bits per heavy atom. The van der Waals surface area contributed by atoms with Gasteiger partial charge in [0, 0.05) is 23.9 Å². The first-order valence-electron chi connectivity index (χ1n) is 5.55. The SMILES string of the molecule is NC1C=CC(C(=O)Nc2ccc([N+](=O)[O-])cc2)C1. The van der Waals surface area contributed by atoms with E-state index in [9.17, 15) is 14.9 Å². The zero-order valence-electron chi connectivity index (χ0n) is 9.58. The highest BCUT2D eigenvalue weighted by Crippen LogP contribution is 2.20. The largest absolute Gasteiger partial charge is 0.326 e. The first-order valence-corrected chi connectivity index (χ1v) is 5.55. The molecule has 0 bridgehead atoms. The fourth-order valence-electron chi connectivity index (χ4n) is 1.82. The minimum Gasteiger partial charge on any atom is -0.326 e. The fourth-order valence-corrected chi connectivity index (χ4v) is 1.82. The highest BCUT2D eigenvalue weighted by Gasteiger charge is 2.22. The van der Waals surface area contributed by atoms with Crippen LogP contribution in [-0.2, 0) is 4.79 Å². The van der Waals surface area contributed by atoms with Crippen molar-refractivity contribution in [2.24, 2.45) is 11.7 Å². The van der Waals surface area contributed by atoms with Gasteiger partial charge < -0.3 is 11.1 Å². The predicted molar refractivity (Wildman–Crippen MR) is 66.9 cm³/mol. The van der Waals surface area contributed by atoms with Crippen molar-refractivity contribution in [1.29, 1.82) is 0 Å². The van der Waals surface area contributed by atoms with E-state index in [0.29, 0.717) is 12.1 Å². The van der Waals surface area contributed by atoms with Gasteiger partial charge in [0.2, 0.25) is 5.91 Å². The summed E-state index contributed by atoms with van der Waals surface area (Å²) in [6.07, 6.45) is 4.18. The lowest BCUT2D eigenvalue weighted by molar-refractivity contribution is -0.384. The third-order valence-electron chi connectivity index (χ3n) is 2.80. The molecule has 2 atom stereocenters. The Labute approximate surface area is 104 Å². The van der Waals surface area contributed by atoms with Crippen molar-refractivity contribution >= 4 is 17.3 Å². The molecule has 6 nitrogen and oxygen atoms in total. The van der Waals surface area contributed by atoms with Gasteiger partial charge in [0.05, 0.1) is 10.8 Å². The topological polar surface area (TPSA) is 98.3 Å². The Morgan fingerprint density at radius 3 is 2.50 bits per heavy atom. The maximum atomic E-state index is 11.8. The number of benzene rings is 1. The fraction of sp³-hybridized carbons (Fsp3) is 0.250. The maximum absolute atomic E-state index is 11.8. The number of nitrogens with one attached hydrogen (secondary N) is 1. The molecule has 0 radical (unpaired) electrons. The number of anilines is 1. The summed E-state index contributed by atoms with van der Waals surface area (Å²) in [5.74, 6) is -0.372. The number of rotatable bonds is 3. The zero-order chi connectivity index (χ0) is 13.1. The molecule has 1 aromatic carbocycles. The Morgan fingerprint density at radius 2 is 2.00 bits per heavy atom. The maximum Gasteiger partial charge on any atom is 0.269 e. The monoisotopic (exact) mass is 247 g/mol. The molecular formula is C12H13N3O3. The zero-order valence-corrected chi connectivity index (χ0v) is 9.58. The third kappa shape index (κ3) is 2.72. The number of hydrogen-bond acceptors (Lipinski definition) is 4. The number of hydrogen-bond donors (Lipinski definition) is 2. The van der Waals surface area contributed by atoms with Crippen molar-refractivity contribution in [2.45, 2.75) is 12.5 Å². The predicted octanol–water partition coefficient (Wildman–Crippen LogP) is 1.44. The number of nitrogens with two attached hydrogens (primary N) is 1. The second-order valence-corrected chi connectivity index (χ2v) is 4.18. The molecule has 6 heteroatoms. The van der Waals surface area contributed by atoms with Crippen molar-refractivity contribution in [2.75, 3.05) is 5.32 Å². The van der Waals surface area contributed by atoms with Gasteiger partial charge in [-0.1, -0.05) is 12.2 Å². The highest BCUT2D eigenvalue weighted by atomic mass is 16.6. The standard InChI is InChI=1S/C12H13N3O3/c13-9-2-1-8(7-9)12(16)14-10-3-5-11(6-4-10)15(17)18/h1-6,8-9H,7,13H2,(H,14,16). The van der Waals surface area contributed by atoms with Gasteiger partial charge in [-0.25, -0.2) is 0 Å². The number of nitrogens with zero attached hydrogens (tertiary/aromatic N) is 1. The molecule has 1 aliphatic carbocycles. The van der Waals surface area contributed by atoms with E-state index in [0.717, 1.165) is 0 Å². The summed E-state index contributed by atoms with van der Waals surface area (Å²) < 4.78 is 0. The lowest BCUT2D eigenvalue weighted by atomic mass is 10.1. The van der Waals surface area contributed by atoms with Crippen LogP contribution in [-0.4, -0.2) is 16.9 Å². The number of non-ortho nitro benzene ring substituents is 1. The molecule has 0 aromatic heterocycles. The Bertz CT molecular complexity index is 496. The highest BCUT2D eigenvalue weighted by molar-refractivity contribution is 5.94. The summed E-state index contributed by atoms with van der Waals surface area (Å²) in [6, 6.07) is 5.65. The van der Waals surface area contributed by atoms with Crippen molar-refractivity contribution in [3.05, 3.63) is 46.5 Å². The number of nitro benzene ring substituents is 1. The number of nitro groups is 1. The van der Waals surface area contributed by atoms with Crippen LogP contribution in [0.25, 0.3) is 0 Å². The molecule has 1 aromatic rings. The van der Waals surface area contributed by atoms with Gasteiger partial charge in [-0.05, 0) is 18.6 Å². The van der Waals surface area contributed by atoms with Crippen molar-refractivity contribution in [3.8, 4) is 0 Å². The van der Waals surface area contributed by atoms with Crippen molar-refractivity contribution in [1.82, 2.24) is 0 Å². The van der Waals surface area contributed by atoms with Crippen LogP contribution in [0.5, 0.6) is 0 Å². The van der Waals surface area contributed by atoms with E-state index in [1.807, 2.05) is 0 Å².